The van der Waals surface area contributed by atoms with E-state index in [1.807, 2.05) is 5.38 Å². The van der Waals surface area contributed by atoms with Crippen LogP contribution in [0.1, 0.15) is 65.3 Å². The molecule has 0 aromatic carbocycles. The number of rotatable bonds is 4. The maximum Gasteiger partial charge on any atom is 0.435 e. The molecule has 8 heteroatoms. The lowest BCUT2D eigenvalue weighted by Crippen LogP contribution is -2.18. The summed E-state index contributed by atoms with van der Waals surface area (Å²) < 4.78 is 39.2. The van der Waals surface area contributed by atoms with Crippen LogP contribution >= 0.6 is 22.7 Å². The molecule has 2 aromatic heterocycles. The summed E-state index contributed by atoms with van der Waals surface area (Å²) in [6.45, 7) is 9.91. The van der Waals surface area contributed by atoms with Crippen LogP contribution in [-0.4, -0.2) is 10.9 Å². The molecule has 0 fully saturated rings. The predicted octanol–water partition coefficient (Wildman–Crippen LogP) is 6.32. The smallest absolute Gasteiger partial charge is 0.320 e. The predicted molar refractivity (Wildman–Crippen MR) is 96.6 cm³/mol. The van der Waals surface area contributed by atoms with Gasteiger partial charge in [-0.15, -0.1) is 22.7 Å². The van der Waals surface area contributed by atoms with Gasteiger partial charge in [-0.25, -0.2) is 4.98 Å². The molecule has 0 aliphatic heterocycles. The Labute approximate surface area is 153 Å². The molecule has 0 spiro atoms. The van der Waals surface area contributed by atoms with Crippen LogP contribution in [0.25, 0.3) is 0 Å². The fourth-order valence-electron chi connectivity index (χ4n) is 2.77. The number of alkyl halides is 3. The lowest BCUT2D eigenvalue weighted by Gasteiger charge is -2.23. The minimum Gasteiger partial charge on any atom is -0.320 e. The number of thiophene rings is 1. The van der Waals surface area contributed by atoms with Gasteiger partial charge in [0.1, 0.15) is 4.88 Å². The van der Waals surface area contributed by atoms with Crippen molar-refractivity contribution in [3.8, 4) is 0 Å². The SMILES string of the molecule is Cc1nc(C(F)(F)F)c(C(=O)Nc2ccsc2C(C)CC(C)(C)C)s1. The van der Waals surface area contributed by atoms with Gasteiger partial charge in [0.25, 0.3) is 5.91 Å². The van der Waals surface area contributed by atoms with Gasteiger partial charge < -0.3 is 5.32 Å². The van der Waals surface area contributed by atoms with E-state index >= 15 is 0 Å². The van der Waals surface area contributed by atoms with Gasteiger partial charge in [-0.3, -0.25) is 4.79 Å². The highest BCUT2D eigenvalue weighted by atomic mass is 32.1. The van der Waals surface area contributed by atoms with Crippen LogP contribution in [0.2, 0.25) is 0 Å². The highest BCUT2D eigenvalue weighted by Gasteiger charge is 2.39. The van der Waals surface area contributed by atoms with Crippen molar-refractivity contribution in [2.24, 2.45) is 5.41 Å². The van der Waals surface area contributed by atoms with E-state index in [0.29, 0.717) is 5.69 Å². The maximum atomic E-state index is 13.1. The molecule has 2 rings (SSSR count). The summed E-state index contributed by atoms with van der Waals surface area (Å²) in [7, 11) is 0. The van der Waals surface area contributed by atoms with Gasteiger partial charge >= 0.3 is 6.18 Å². The molecule has 1 amide bonds. The largest absolute Gasteiger partial charge is 0.435 e. The summed E-state index contributed by atoms with van der Waals surface area (Å²) in [5, 5.41) is 4.69. The number of carbonyl (C=O) groups is 1. The second kappa shape index (κ2) is 7.07. The normalized spacial score (nSPS) is 13.8. The molecule has 0 aliphatic carbocycles. The second-order valence-electron chi connectivity index (χ2n) is 7.23. The van der Waals surface area contributed by atoms with Crippen molar-refractivity contribution >= 4 is 34.3 Å². The molecule has 0 radical (unpaired) electrons. The molecular weight excluding hydrogens is 369 g/mol. The van der Waals surface area contributed by atoms with Crippen molar-refractivity contribution in [1.29, 1.82) is 0 Å². The van der Waals surface area contributed by atoms with Crippen LogP contribution in [0, 0.1) is 12.3 Å². The van der Waals surface area contributed by atoms with Crippen LogP contribution in [0.5, 0.6) is 0 Å². The quantitative estimate of drug-likeness (QED) is 0.663. The Morgan fingerprint density at radius 1 is 1.32 bits per heavy atom. The lowest BCUT2D eigenvalue weighted by molar-refractivity contribution is -0.141. The number of aryl methyl sites for hydroxylation is 1. The fourth-order valence-corrected chi connectivity index (χ4v) is 4.52. The third kappa shape index (κ3) is 5.04. The Bertz CT molecular complexity index is 757. The number of nitrogens with one attached hydrogen (secondary N) is 1. The summed E-state index contributed by atoms with van der Waals surface area (Å²) in [6.07, 6.45) is -3.74. The Hall–Kier alpha value is -1.41. The van der Waals surface area contributed by atoms with Gasteiger partial charge in [-0.1, -0.05) is 27.7 Å². The fraction of sp³-hybridized carbons (Fsp3) is 0.529. The van der Waals surface area contributed by atoms with Crippen molar-refractivity contribution in [3.05, 3.63) is 31.9 Å². The third-order valence-corrected chi connectivity index (χ3v) is 5.64. The van der Waals surface area contributed by atoms with Gasteiger partial charge in [0.2, 0.25) is 0 Å². The summed E-state index contributed by atoms with van der Waals surface area (Å²) >= 11 is 2.26. The van der Waals surface area contributed by atoms with Gasteiger partial charge in [-0.2, -0.15) is 13.2 Å². The third-order valence-electron chi connectivity index (χ3n) is 3.52. The Morgan fingerprint density at radius 3 is 2.52 bits per heavy atom. The first-order chi connectivity index (χ1) is 11.4. The van der Waals surface area contributed by atoms with E-state index in [1.54, 1.807) is 6.07 Å². The van der Waals surface area contributed by atoms with E-state index in [0.717, 1.165) is 22.6 Å². The molecule has 2 heterocycles. The summed E-state index contributed by atoms with van der Waals surface area (Å²) in [5.74, 6) is -0.568. The zero-order valence-corrected chi connectivity index (χ0v) is 16.4. The molecule has 0 aliphatic rings. The highest BCUT2D eigenvalue weighted by molar-refractivity contribution is 7.14. The number of hydrogen-bond donors (Lipinski definition) is 1. The first kappa shape index (κ1) is 19.9. The lowest BCUT2D eigenvalue weighted by atomic mass is 9.84. The minimum atomic E-state index is -4.64. The van der Waals surface area contributed by atoms with Crippen molar-refractivity contribution in [2.45, 2.75) is 53.1 Å². The molecular formula is C17H21F3N2OS2. The van der Waals surface area contributed by atoms with Crippen molar-refractivity contribution in [3.63, 3.8) is 0 Å². The molecule has 1 N–H and O–H groups in total. The van der Waals surface area contributed by atoms with Crippen LogP contribution in [0.4, 0.5) is 18.9 Å². The Kier molecular flexibility index (Phi) is 5.63. The maximum absolute atomic E-state index is 13.1. The monoisotopic (exact) mass is 390 g/mol. The summed E-state index contributed by atoms with van der Waals surface area (Å²) in [4.78, 5) is 16.5. The number of nitrogens with zero attached hydrogens (tertiary/aromatic N) is 1. The standard InChI is InChI=1S/C17H21F3N2OS2/c1-9(8-16(3,4)5)12-11(6-7-24-12)22-15(23)13-14(17(18,19)20)21-10(2)25-13/h6-7,9H,8H2,1-5H3,(H,22,23). The number of carbonyl (C=O) groups excluding carboxylic acids is 1. The molecule has 2 aromatic rings. The molecule has 0 saturated heterocycles. The molecule has 25 heavy (non-hydrogen) atoms. The van der Waals surface area contributed by atoms with Crippen LogP contribution in [0.15, 0.2) is 11.4 Å². The molecule has 0 saturated carbocycles. The Morgan fingerprint density at radius 2 is 1.96 bits per heavy atom. The number of hydrogen-bond acceptors (Lipinski definition) is 4. The van der Waals surface area contributed by atoms with Gasteiger partial charge in [-0.05, 0) is 36.1 Å². The summed E-state index contributed by atoms with van der Waals surface area (Å²) in [6, 6.07) is 1.73. The van der Waals surface area contributed by atoms with Gasteiger partial charge in [0, 0.05) is 4.88 Å². The van der Waals surface area contributed by atoms with E-state index < -0.39 is 22.7 Å². The first-order valence-electron chi connectivity index (χ1n) is 7.82. The second-order valence-corrected chi connectivity index (χ2v) is 9.38. The average Bonchev–Trinajstić information content (AvgIpc) is 3.02. The highest BCUT2D eigenvalue weighted by Crippen LogP contribution is 2.39. The number of anilines is 1. The van der Waals surface area contributed by atoms with Crippen molar-refractivity contribution in [2.75, 3.05) is 5.32 Å². The number of aromatic nitrogens is 1. The zero-order valence-electron chi connectivity index (χ0n) is 14.7. The van der Waals surface area contributed by atoms with Gasteiger partial charge in [0.15, 0.2) is 5.69 Å². The molecule has 3 nitrogen and oxygen atoms in total. The number of halogens is 3. The van der Waals surface area contributed by atoms with Crippen LogP contribution in [0.3, 0.4) is 0 Å². The van der Waals surface area contributed by atoms with Crippen LogP contribution < -0.4 is 5.32 Å². The zero-order chi connectivity index (χ0) is 19.0. The van der Waals surface area contributed by atoms with Gasteiger partial charge in [0.05, 0.1) is 10.7 Å². The number of thiazole rings is 1. The Balaban J connectivity index is 2.25. The first-order valence-corrected chi connectivity index (χ1v) is 9.51. The average molecular weight is 390 g/mol. The van der Waals surface area contributed by atoms with E-state index in [-0.39, 0.29) is 16.3 Å². The topological polar surface area (TPSA) is 42.0 Å². The number of amides is 1. The van der Waals surface area contributed by atoms with Crippen LogP contribution in [-0.2, 0) is 6.18 Å². The van der Waals surface area contributed by atoms with E-state index in [9.17, 15) is 18.0 Å². The molecule has 0 bridgehead atoms. The van der Waals surface area contributed by atoms with E-state index in [4.69, 9.17) is 0 Å². The molecule has 1 atom stereocenters. The van der Waals surface area contributed by atoms with E-state index in [2.05, 4.69) is 38.0 Å². The molecule has 1 unspecified atom stereocenters. The van der Waals surface area contributed by atoms with E-state index in [1.165, 1.54) is 18.3 Å². The minimum absolute atomic E-state index is 0.114. The van der Waals surface area contributed by atoms with Crippen molar-refractivity contribution in [1.82, 2.24) is 4.98 Å². The van der Waals surface area contributed by atoms with Crippen molar-refractivity contribution < 1.29 is 18.0 Å². The summed E-state index contributed by atoms with van der Waals surface area (Å²) in [5.41, 5.74) is -0.430. The molecule has 138 valence electrons.